The maximum Gasteiger partial charge on any atom is 0.160 e. The lowest BCUT2D eigenvalue weighted by molar-refractivity contribution is -0.233. The maximum atomic E-state index is 6.27. The van der Waals surface area contributed by atoms with Crippen molar-refractivity contribution in [1.82, 2.24) is 0 Å². The zero-order valence-corrected chi connectivity index (χ0v) is 33.9. The molecule has 0 radical (unpaired) electrons. The van der Waals surface area contributed by atoms with Gasteiger partial charge >= 0.3 is 0 Å². The number of hydrogen-bond acceptors (Lipinski definition) is 3. The standard InChI is InChI=1S/C44H90O3/c1-9-11-13-15-17-19-21-23-25-27-31-39(3)37-41(5)33-29-35-43(45-7)47-44(46-8)36-30-34-42(6)38-40(4)32-28-26-24-22-20-18-16-14-12-10-2/h39-44H,9-38H2,1-8H3. The van der Waals surface area contributed by atoms with Crippen molar-refractivity contribution in [2.24, 2.45) is 23.7 Å². The molecule has 0 saturated carbocycles. The van der Waals surface area contributed by atoms with Crippen molar-refractivity contribution in [3.05, 3.63) is 0 Å². The molecule has 0 aliphatic rings. The third-order valence-electron chi connectivity index (χ3n) is 10.8. The average Bonchev–Trinajstić information content (AvgIpc) is 3.05. The topological polar surface area (TPSA) is 27.7 Å². The molecule has 0 heterocycles. The molecule has 0 amide bonds. The zero-order valence-electron chi connectivity index (χ0n) is 33.9. The number of hydrogen-bond donors (Lipinski definition) is 0. The molecule has 0 aromatic heterocycles. The largest absolute Gasteiger partial charge is 0.356 e. The minimum absolute atomic E-state index is 0.158. The molecule has 47 heavy (non-hydrogen) atoms. The number of ether oxygens (including phenoxy) is 3. The number of rotatable bonds is 38. The Balaban J connectivity index is 3.90. The highest BCUT2D eigenvalue weighted by molar-refractivity contribution is 4.64. The summed E-state index contributed by atoms with van der Waals surface area (Å²) in [5.41, 5.74) is 0. The van der Waals surface area contributed by atoms with Crippen LogP contribution in [0.2, 0.25) is 0 Å². The Morgan fingerprint density at radius 2 is 0.574 bits per heavy atom. The van der Waals surface area contributed by atoms with Crippen LogP contribution in [0.15, 0.2) is 0 Å². The average molecular weight is 667 g/mol. The minimum Gasteiger partial charge on any atom is -0.356 e. The van der Waals surface area contributed by atoms with Gasteiger partial charge in [-0.25, -0.2) is 0 Å². The van der Waals surface area contributed by atoms with Crippen LogP contribution >= 0.6 is 0 Å². The number of unbranched alkanes of at least 4 members (excludes halogenated alkanes) is 18. The predicted octanol–water partition coefficient (Wildman–Crippen LogP) is 15.2. The molecule has 0 aliphatic heterocycles. The second kappa shape index (κ2) is 35.7. The predicted molar refractivity (Wildman–Crippen MR) is 209 cm³/mol. The van der Waals surface area contributed by atoms with E-state index in [2.05, 4.69) is 41.5 Å². The number of methoxy groups -OCH3 is 2. The lowest BCUT2D eigenvalue weighted by atomic mass is 9.89. The van der Waals surface area contributed by atoms with E-state index in [1.807, 2.05) is 0 Å². The molecule has 0 rings (SSSR count). The molecule has 0 N–H and O–H groups in total. The van der Waals surface area contributed by atoms with Gasteiger partial charge in [0.05, 0.1) is 0 Å². The van der Waals surface area contributed by atoms with Gasteiger partial charge in [-0.05, 0) is 62.2 Å². The molecule has 6 atom stereocenters. The smallest absolute Gasteiger partial charge is 0.160 e. The van der Waals surface area contributed by atoms with Crippen molar-refractivity contribution in [2.45, 2.75) is 247 Å². The molecule has 3 nitrogen and oxygen atoms in total. The Hall–Kier alpha value is -0.120. The fraction of sp³-hybridized carbons (Fsp3) is 1.00. The van der Waals surface area contributed by atoms with E-state index >= 15 is 0 Å². The van der Waals surface area contributed by atoms with Crippen molar-refractivity contribution >= 4 is 0 Å². The summed E-state index contributed by atoms with van der Waals surface area (Å²) in [6, 6.07) is 0. The van der Waals surface area contributed by atoms with Gasteiger partial charge in [-0.2, -0.15) is 0 Å². The third kappa shape index (κ3) is 32.8. The van der Waals surface area contributed by atoms with Crippen LogP contribution in [-0.2, 0) is 14.2 Å². The fourth-order valence-electron chi connectivity index (χ4n) is 7.72. The quantitative estimate of drug-likeness (QED) is 0.0485. The summed E-state index contributed by atoms with van der Waals surface area (Å²) in [5.74, 6) is 3.24. The summed E-state index contributed by atoms with van der Waals surface area (Å²) in [6.45, 7) is 14.4. The maximum absolute atomic E-state index is 6.27. The summed E-state index contributed by atoms with van der Waals surface area (Å²) < 4.78 is 17.7. The molecular weight excluding hydrogens is 576 g/mol. The molecule has 0 aromatic rings. The highest BCUT2D eigenvalue weighted by Gasteiger charge is 2.18. The molecule has 0 fully saturated rings. The van der Waals surface area contributed by atoms with Crippen molar-refractivity contribution in [3.63, 3.8) is 0 Å². The normalized spacial score (nSPS) is 15.8. The summed E-state index contributed by atoms with van der Waals surface area (Å²) in [5, 5.41) is 0. The van der Waals surface area contributed by atoms with Crippen LogP contribution in [0.3, 0.4) is 0 Å². The van der Waals surface area contributed by atoms with Gasteiger partial charge in [-0.15, -0.1) is 0 Å². The Morgan fingerprint density at radius 1 is 0.319 bits per heavy atom. The van der Waals surface area contributed by atoms with E-state index in [9.17, 15) is 0 Å². The molecule has 3 heteroatoms. The Kier molecular flexibility index (Phi) is 35.6. The first kappa shape index (κ1) is 46.9. The first-order chi connectivity index (χ1) is 22.9. The van der Waals surface area contributed by atoms with E-state index < -0.39 is 0 Å². The fourth-order valence-corrected chi connectivity index (χ4v) is 7.72. The van der Waals surface area contributed by atoms with Crippen LogP contribution in [-0.4, -0.2) is 26.8 Å². The van der Waals surface area contributed by atoms with Crippen LogP contribution in [0, 0.1) is 23.7 Å². The van der Waals surface area contributed by atoms with Gasteiger partial charge in [0.25, 0.3) is 0 Å². The van der Waals surface area contributed by atoms with Gasteiger partial charge in [-0.3, -0.25) is 0 Å². The molecule has 0 aromatic carbocycles. The van der Waals surface area contributed by atoms with E-state index in [0.717, 1.165) is 49.4 Å². The Morgan fingerprint density at radius 3 is 0.851 bits per heavy atom. The molecule has 0 bridgehead atoms. The summed E-state index contributed by atoms with van der Waals surface area (Å²) in [6.07, 6.45) is 40.6. The van der Waals surface area contributed by atoms with E-state index in [-0.39, 0.29) is 12.6 Å². The van der Waals surface area contributed by atoms with E-state index in [4.69, 9.17) is 14.2 Å². The highest BCUT2D eigenvalue weighted by Crippen LogP contribution is 2.25. The molecule has 0 spiro atoms. The van der Waals surface area contributed by atoms with Crippen molar-refractivity contribution in [1.29, 1.82) is 0 Å². The molecule has 6 unspecified atom stereocenters. The second-order valence-electron chi connectivity index (χ2n) is 16.2. The molecule has 0 aliphatic carbocycles. The first-order valence-corrected chi connectivity index (χ1v) is 21.6. The molecule has 284 valence electrons. The van der Waals surface area contributed by atoms with Gasteiger partial charge < -0.3 is 14.2 Å². The van der Waals surface area contributed by atoms with E-state index in [0.29, 0.717) is 0 Å². The second-order valence-corrected chi connectivity index (χ2v) is 16.2. The van der Waals surface area contributed by atoms with Crippen LogP contribution in [0.4, 0.5) is 0 Å². The molecule has 0 saturated heterocycles. The van der Waals surface area contributed by atoms with E-state index in [1.54, 1.807) is 14.2 Å². The van der Waals surface area contributed by atoms with Gasteiger partial charge in [0, 0.05) is 14.2 Å². The lowest BCUT2D eigenvalue weighted by Crippen LogP contribution is -2.25. The van der Waals surface area contributed by atoms with Crippen LogP contribution in [0.5, 0.6) is 0 Å². The molecular formula is C44H90O3. The Labute approximate surface area is 298 Å². The zero-order chi connectivity index (χ0) is 34.8. The van der Waals surface area contributed by atoms with Crippen molar-refractivity contribution in [3.8, 4) is 0 Å². The highest BCUT2D eigenvalue weighted by atomic mass is 16.8. The lowest BCUT2D eigenvalue weighted by Gasteiger charge is -2.24. The van der Waals surface area contributed by atoms with Gasteiger partial charge in [0.15, 0.2) is 12.6 Å². The van der Waals surface area contributed by atoms with Gasteiger partial charge in [0.2, 0.25) is 0 Å². The van der Waals surface area contributed by atoms with Crippen LogP contribution in [0.25, 0.3) is 0 Å². The first-order valence-electron chi connectivity index (χ1n) is 21.6. The van der Waals surface area contributed by atoms with Crippen LogP contribution in [0.1, 0.15) is 234 Å². The summed E-state index contributed by atoms with van der Waals surface area (Å²) in [4.78, 5) is 0. The van der Waals surface area contributed by atoms with Crippen molar-refractivity contribution < 1.29 is 14.2 Å². The monoisotopic (exact) mass is 667 g/mol. The third-order valence-corrected chi connectivity index (χ3v) is 10.8. The van der Waals surface area contributed by atoms with Gasteiger partial charge in [-0.1, -0.05) is 196 Å². The van der Waals surface area contributed by atoms with Crippen LogP contribution < -0.4 is 0 Å². The van der Waals surface area contributed by atoms with E-state index in [1.165, 1.54) is 167 Å². The Bertz CT molecular complexity index is 545. The SMILES string of the molecule is CCCCCCCCCCCCC(C)CC(C)CCCC(OC)OC(CCCC(C)CC(C)CCCCCCCCCCCC)OC. The van der Waals surface area contributed by atoms with Gasteiger partial charge in [0.1, 0.15) is 0 Å². The van der Waals surface area contributed by atoms with Crippen molar-refractivity contribution in [2.75, 3.05) is 14.2 Å². The minimum atomic E-state index is -0.158. The summed E-state index contributed by atoms with van der Waals surface area (Å²) >= 11 is 0. The summed E-state index contributed by atoms with van der Waals surface area (Å²) in [7, 11) is 3.57.